The van der Waals surface area contributed by atoms with Crippen molar-refractivity contribution in [3.63, 3.8) is 0 Å². The Morgan fingerprint density at radius 2 is 2.07 bits per heavy atom. The van der Waals surface area contributed by atoms with Gasteiger partial charge in [-0.2, -0.15) is 0 Å². The third-order valence-electron chi connectivity index (χ3n) is 4.55. The van der Waals surface area contributed by atoms with Crippen LogP contribution in [0.5, 0.6) is 0 Å². The number of thioether (sulfide) groups is 1. The Morgan fingerprint density at radius 1 is 1.37 bits per heavy atom. The van der Waals surface area contributed by atoms with Gasteiger partial charge in [-0.25, -0.2) is 13.4 Å². The number of halogens is 1. The van der Waals surface area contributed by atoms with Gasteiger partial charge in [-0.3, -0.25) is 9.59 Å². The van der Waals surface area contributed by atoms with Crippen LogP contribution in [-0.2, 0) is 20.4 Å². The molecule has 3 rings (SSSR count). The van der Waals surface area contributed by atoms with Gasteiger partial charge in [0, 0.05) is 11.1 Å². The van der Waals surface area contributed by atoms with Gasteiger partial charge in [0.2, 0.25) is 5.91 Å². The van der Waals surface area contributed by atoms with Crippen LogP contribution in [0, 0.1) is 13.8 Å². The van der Waals surface area contributed by atoms with Crippen LogP contribution >= 0.6 is 34.7 Å². The average Bonchev–Trinajstić information content (AvgIpc) is 2.94. The van der Waals surface area contributed by atoms with Crippen LogP contribution in [-0.4, -0.2) is 35.8 Å². The second-order valence-corrected chi connectivity index (χ2v) is 11.8. The van der Waals surface area contributed by atoms with E-state index in [-0.39, 0.29) is 27.1 Å². The number of amides is 1. The predicted molar refractivity (Wildman–Crippen MR) is 124 cm³/mol. The Kier molecular flexibility index (Phi) is 6.61. The maximum absolute atomic E-state index is 12.5. The van der Waals surface area contributed by atoms with E-state index in [0.717, 1.165) is 16.7 Å². The summed E-state index contributed by atoms with van der Waals surface area (Å²) >= 11 is 8.86. The highest BCUT2D eigenvalue weighted by molar-refractivity contribution is 7.99. The maximum Gasteiger partial charge on any atom is 0.259 e. The van der Waals surface area contributed by atoms with Crippen LogP contribution in [0.4, 0.5) is 5.69 Å². The number of nitrogens with zero attached hydrogens (tertiary/aromatic N) is 1. The molecule has 0 spiro atoms. The lowest BCUT2D eigenvalue weighted by molar-refractivity contribution is -0.115. The number of aromatic nitrogens is 2. The lowest BCUT2D eigenvalue weighted by atomic mass is 10.2. The van der Waals surface area contributed by atoms with Gasteiger partial charge < -0.3 is 10.3 Å². The second kappa shape index (κ2) is 8.70. The molecule has 11 heteroatoms. The minimum absolute atomic E-state index is 0.0686. The van der Waals surface area contributed by atoms with E-state index in [1.54, 1.807) is 6.92 Å². The monoisotopic (exact) mass is 485 g/mol. The zero-order chi connectivity index (χ0) is 22.2. The van der Waals surface area contributed by atoms with E-state index in [9.17, 15) is 18.0 Å². The van der Waals surface area contributed by atoms with Gasteiger partial charge in [-0.15, -0.1) is 23.1 Å². The van der Waals surface area contributed by atoms with Gasteiger partial charge in [-0.1, -0.05) is 11.6 Å². The summed E-state index contributed by atoms with van der Waals surface area (Å²) in [4.78, 5) is 34.0. The lowest BCUT2D eigenvalue weighted by Gasteiger charge is -2.13. The number of benzene rings is 1. The van der Waals surface area contributed by atoms with Crippen molar-refractivity contribution in [3.8, 4) is 0 Å². The highest BCUT2D eigenvalue weighted by Crippen LogP contribution is 2.28. The molecule has 0 saturated heterocycles. The highest BCUT2D eigenvalue weighted by atomic mass is 35.5. The molecule has 0 aliphatic heterocycles. The minimum atomic E-state index is -3.42. The van der Waals surface area contributed by atoms with E-state index >= 15 is 0 Å². The fourth-order valence-electron chi connectivity index (χ4n) is 2.71. The molecule has 2 N–H and O–H groups in total. The van der Waals surface area contributed by atoms with Crippen molar-refractivity contribution < 1.29 is 13.2 Å². The van der Waals surface area contributed by atoms with E-state index in [2.05, 4.69) is 15.3 Å². The molecule has 7 nitrogen and oxygen atoms in total. The number of nitrogens with one attached hydrogen (secondary N) is 2. The van der Waals surface area contributed by atoms with Crippen molar-refractivity contribution in [1.82, 2.24) is 9.97 Å². The Labute approximate surface area is 187 Å². The number of fused-ring (bicyclic) bond motifs is 1. The molecule has 2 aromatic heterocycles. The molecule has 1 atom stereocenters. The summed E-state index contributed by atoms with van der Waals surface area (Å²) in [5.74, 6) is 0.502. The number of carbonyl (C=O) groups excluding carboxylic acids is 1. The number of carbonyl (C=O) groups is 1. The Morgan fingerprint density at radius 3 is 2.73 bits per heavy atom. The van der Waals surface area contributed by atoms with Crippen molar-refractivity contribution in [3.05, 3.63) is 49.8 Å². The van der Waals surface area contributed by atoms with Crippen LogP contribution in [0.15, 0.2) is 27.9 Å². The average molecular weight is 486 g/mol. The van der Waals surface area contributed by atoms with Crippen molar-refractivity contribution in [2.24, 2.45) is 0 Å². The van der Waals surface area contributed by atoms with Crippen molar-refractivity contribution in [2.75, 3.05) is 11.6 Å². The first-order valence-electron chi connectivity index (χ1n) is 8.88. The first-order valence-corrected chi connectivity index (χ1v) is 13.0. The standard InChI is InChI=1S/C19H20ClN3O4S3/c1-9-10(2)29-19-16(9)18(25)22-15(23-19)8-28-11(3)17(24)21-14-7-12(30(4,26)27)5-6-13(14)20/h5-7,11H,8H2,1-4H3,(H,21,24)(H,22,23,25)/t11-/m1/s1. The SMILES string of the molecule is Cc1sc2nc(CS[C@H](C)C(=O)Nc3cc(S(C)(=O)=O)ccc3Cl)[nH]c(=O)c2c1C. The van der Waals surface area contributed by atoms with Crippen molar-refractivity contribution in [1.29, 1.82) is 0 Å². The summed E-state index contributed by atoms with van der Waals surface area (Å²) in [6.07, 6.45) is 1.08. The molecule has 0 unspecified atom stereocenters. The third-order valence-corrected chi connectivity index (χ3v) is 8.25. The fraction of sp³-hybridized carbons (Fsp3) is 0.316. The molecule has 0 fully saturated rings. The molecule has 2 heterocycles. The van der Waals surface area contributed by atoms with Gasteiger partial charge in [0.1, 0.15) is 10.7 Å². The number of hydrogen-bond donors (Lipinski definition) is 2. The van der Waals surface area contributed by atoms with Crippen molar-refractivity contribution in [2.45, 2.75) is 36.7 Å². The van der Waals surface area contributed by atoms with Gasteiger partial charge in [0.15, 0.2) is 9.84 Å². The molecular weight excluding hydrogens is 466 g/mol. The number of sulfone groups is 1. The molecule has 30 heavy (non-hydrogen) atoms. The smallest absolute Gasteiger partial charge is 0.259 e. The molecule has 0 bridgehead atoms. The first kappa shape index (κ1) is 22.8. The summed E-state index contributed by atoms with van der Waals surface area (Å²) in [5, 5.41) is 3.03. The van der Waals surface area contributed by atoms with Crippen LogP contribution < -0.4 is 10.9 Å². The number of aryl methyl sites for hydroxylation is 2. The van der Waals surface area contributed by atoms with E-state index < -0.39 is 15.1 Å². The molecule has 3 aromatic rings. The van der Waals surface area contributed by atoms with Crippen LogP contribution in [0.25, 0.3) is 10.2 Å². The van der Waals surface area contributed by atoms with Crippen LogP contribution in [0.3, 0.4) is 0 Å². The first-order chi connectivity index (χ1) is 14.0. The van der Waals surface area contributed by atoms with Crippen LogP contribution in [0.2, 0.25) is 5.02 Å². The lowest BCUT2D eigenvalue weighted by Crippen LogP contribution is -2.23. The Bertz CT molecular complexity index is 1300. The summed E-state index contributed by atoms with van der Waals surface area (Å²) < 4.78 is 23.4. The summed E-state index contributed by atoms with van der Waals surface area (Å²) in [7, 11) is -3.42. The summed E-state index contributed by atoms with van der Waals surface area (Å²) in [6.45, 7) is 5.56. The normalized spacial score (nSPS) is 12.8. The van der Waals surface area contributed by atoms with Gasteiger partial charge in [-0.05, 0) is 44.5 Å². The number of thiophene rings is 1. The quantitative estimate of drug-likeness (QED) is 0.547. The zero-order valence-electron chi connectivity index (χ0n) is 16.7. The van der Waals surface area contributed by atoms with E-state index in [1.807, 2.05) is 13.8 Å². The Balaban J connectivity index is 1.71. The van der Waals surface area contributed by atoms with Crippen molar-refractivity contribution >= 4 is 66.3 Å². The topological polar surface area (TPSA) is 109 Å². The maximum atomic E-state index is 12.5. The molecule has 0 radical (unpaired) electrons. The fourth-order valence-corrected chi connectivity index (χ4v) is 5.33. The number of hydrogen-bond acceptors (Lipinski definition) is 7. The minimum Gasteiger partial charge on any atom is -0.324 e. The van der Waals surface area contributed by atoms with E-state index in [0.29, 0.717) is 21.8 Å². The van der Waals surface area contributed by atoms with Gasteiger partial charge >= 0.3 is 0 Å². The number of rotatable bonds is 6. The molecule has 0 aliphatic carbocycles. The molecule has 0 saturated carbocycles. The number of anilines is 1. The molecule has 160 valence electrons. The predicted octanol–water partition coefficient (Wildman–Crippen LogP) is 3.92. The molecular formula is C19H20ClN3O4S3. The summed E-state index contributed by atoms with van der Waals surface area (Å²) in [5.41, 5.74) is 0.984. The third kappa shape index (κ3) is 4.88. The van der Waals surface area contributed by atoms with Gasteiger partial charge in [0.05, 0.1) is 32.0 Å². The molecule has 0 aliphatic rings. The second-order valence-electron chi connectivity index (χ2n) is 6.83. The van der Waals surface area contributed by atoms with E-state index in [4.69, 9.17) is 11.6 Å². The number of H-pyrrole nitrogens is 1. The molecule has 1 amide bonds. The Hall–Kier alpha value is -1.88. The molecule has 1 aromatic carbocycles. The highest BCUT2D eigenvalue weighted by Gasteiger charge is 2.18. The summed E-state index contributed by atoms with van der Waals surface area (Å²) in [6, 6.07) is 4.15. The van der Waals surface area contributed by atoms with Crippen LogP contribution in [0.1, 0.15) is 23.2 Å². The zero-order valence-corrected chi connectivity index (χ0v) is 19.9. The van der Waals surface area contributed by atoms with E-state index in [1.165, 1.54) is 41.3 Å². The largest absolute Gasteiger partial charge is 0.324 e. The number of aromatic amines is 1. The van der Waals surface area contributed by atoms with Gasteiger partial charge in [0.25, 0.3) is 5.56 Å².